The molecule has 0 nitrogen and oxygen atoms in total. The Morgan fingerprint density at radius 1 is 0.722 bits per heavy atom. The molecule has 0 N–H and O–H groups in total. The van der Waals surface area contributed by atoms with Crippen molar-refractivity contribution in [3.63, 3.8) is 0 Å². The van der Waals surface area contributed by atoms with Gasteiger partial charge in [0.15, 0.2) is 0 Å². The predicted molar refractivity (Wildman–Crippen MR) is 94.6 cm³/mol. The van der Waals surface area contributed by atoms with Crippen LogP contribution in [-0.2, 0) is 3.23 Å². The molecule has 0 amide bonds. The first kappa shape index (κ1) is 15.2. The molecule has 0 saturated heterocycles. The third kappa shape index (κ3) is 2.95. The Bertz CT molecular complexity index is 563. The smallest absolute Gasteiger partial charge is 0.0622 e. The van der Waals surface area contributed by atoms with E-state index in [1.165, 1.54) is 0 Å². The fourth-order valence-corrected chi connectivity index (χ4v) is 4.88. The summed E-state index contributed by atoms with van der Waals surface area (Å²) in [4.78, 5) is 0. The fraction of sp³-hybridized carbons (Fsp3) is 0.0769. The predicted octanol–water partition coefficient (Wildman–Crippen LogP) is 6.97. The van der Waals surface area contributed by atoms with Crippen LogP contribution in [0.2, 0.25) is 0 Å². The SMILES string of the molecule is Brc1ccc(C(Br)(Br)c2ccccc2)c(Br)c1Br. The highest BCUT2D eigenvalue weighted by atomic mass is 79.9. The number of halogens is 5. The van der Waals surface area contributed by atoms with Gasteiger partial charge in [0.2, 0.25) is 0 Å². The van der Waals surface area contributed by atoms with Crippen molar-refractivity contribution in [2.45, 2.75) is 3.23 Å². The van der Waals surface area contributed by atoms with Gasteiger partial charge < -0.3 is 0 Å². The summed E-state index contributed by atoms with van der Waals surface area (Å²) < 4.78 is 2.61. The van der Waals surface area contributed by atoms with Crippen LogP contribution in [0, 0.1) is 0 Å². The third-order valence-electron chi connectivity index (χ3n) is 2.51. The Morgan fingerprint density at radius 2 is 1.33 bits per heavy atom. The summed E-state index contributed by atoms with van der Waals surface area (Å²) in [6.45, 7) is 0. The Labute approximate surface area is 148 Å². The zero-order valence-electron chi connectivity index (χ0n) is 8.93. The van der Waals surface area contributed by atoms with Crippen LogP contribution in [0.4, 0.5) is 0 Å². The normalized spacial score (nSPS) is 11.6. The maximum absolute atomic E-state index is 3.76. The quantitative estimate of drug-likeness (QED) is 0.274. The van der Waals surface area contributed by atoms with Gasteiger partial charge in [-0.2, -0.15) is 0 Å². The van der Waals surface area contributed by atoms with Crippen LogP contribution in [0.15, 0.2) is 55.9 Å². The second-order valence-corrected chi connectivity index (χ2v) is 9.55. The van der Waals surface area contributed by atoms with E-state index < -0.39 is 3.23 Å². The molecule has 0 aliphatic rings. The lowest BCUT2D eigenvalue weighted by Gasteiger charge is -2.24. The highest BCUT2D eigenvalue weighted by Gasteiger charge is 2.30. The van der Waals surface area contributed by atoms with E-state index in [1.54, 1.807) is 0 Å². The van der Waals surface area contributed by atoms with Gasteiger partial charge in [0.25, 0.3) is 0 Å². The Hall–Kier alpha value is 0.840. The largest absolute Gasteiger partial charge is 0.131 e. The first-order valence-corrected chi connectivity index (χ1v) is 8.98. The lowest BCUT2D eigenvalue weighted by molar-refractivity contribution is 1.10. The van der Waals surface area contributed by atoms with E-state index in [-0.39, 0.29) is 0 Å². The van der Waals surface area contributed by atoms with Gasteiger partial charge in [-0.3, -0.25) is 0 Å². The van der Waals surface area contributed by atoms with Crippen LogP contribution in [0.1, 0.15) is 11.1 Å². The van der Waals surface area contributed by atoms with E-state index in [2.05, 4.69) is 97.8 Å². The molecule has 0 fully saturated rings. The minimum absolute atomic E-state index is 0.413. The zero-order chi connectivity index (χ0) is 13.3. The van der Waals surface area contributed by atoms with Gasteiger partial charge in [-0.1, -0.05) is 68.3 Å². The molecule has 0 saturated carbocycles. The molecule has 0 bridgehead atoms. The van der Waals surface area contributed by atoms with Crippen molar-refractivity contribution in [2.75, 3.05) is 0 Å². The van der Waals surface area contributed by atoms with Gasteiger partial charge in [0.05, 0.1) is 0 Å². The Kier molecular flexibility index (Phi) is 5.15. The van der Waals surface area contributed by atoms with E-state index in [9.17, 15) is 0 Å². The number of benzene rings is 2. The lowest BCUT2D eigenvalue weighted by atomic mass is 10.0. The first-order chi connectivity index (χ1) is 8.44. The van der Waals surface area contributed by atoms with Crippen LogP contribution in [-0.4, -0.2) is 0 Å². The molecular weight excluding hydrogens is 556 g/mol. The van der Waals surface area contributed by atoms with E-state index in [4.69, 9.17) is 0 Å². The average molecular weight is 563 g/mol. The van der Waals surface area contributed by atoms with E-state index >= 15 is 0 Å². The molecule has 94 valence electrons. The van der Waals surface area contributed by atoms with Gasteiger partial charge in [-0.15, -0.1) is 0 Å². The van der Waals surface area contributed by atoms with Crippen LogP contribution in [0.5, 0.6) is 0 Å². The van der Waals surface area contributed by atoms with Crippen molar-refractivity contribution in [1.29, 1.82) is 0 Å². The summed E-state index contributed by atoms with van der Waals surface area (Å²) in [5, 5.41) is 0. The molecule has 0 atom stereocenters. The number of hydrogen-bond acceptors (Lipinski definition) is 0. The minimum Gasteiger partial charge on any atom is -0.0622 e. The van der Waals surface area contributed by atoms with E-state index in [0.717, 1.165) is 24.5 Å². The van der Waals surface area contributed by atoms with Crippen LogP contribution >= 0.6 is 79.6 Å². The van der Waals surface area contributed by atoms with Crippen molar-refractivity contribution < 1.29 is 0 Å². The molecule has 2 rings (SSSR count). The van der Waals surface area contributed by atoms with Crippen molar-refractivity contribution in [1.82, 2.24) is 0 Å². The highest BCUT2D eigenvalue weighted by Crippen LogP contribution is 2.49. The standard InChI is InChI=1S/C13H7Br5/c14-10-7-6-9(11(15)12(10)16)13(17,18)8-4-2-1-3-5-8/h1-7H. The molecule has 0 aliphatic carbocycles. The molecule has 2 aromatic rings. The molecule has 0 unspecified atom stereocenters. The summed E-state index contributed by atoms with van der Waals surface area (Å²) >= 11 is 18.2. The minimum atomic E-state index is -0.413. The van der Waals surface area contributed by atoms with Crippen LogP contribution in [0.25, 0.3) is 0 Å². The molecule has 5 heteroatoms. The first-order valence-electron chi connectivity index (χ1n) is 5.02. The number of alkyl halides is 2. The second kappa shape index (κ2) is 6.08. The molecule has 0 aliphatic heterocycles. The monoisotopic (exact) mass is 558 g/mol. The van der Waals surface area contributed by atoms with Gasteiger partial charge in [0, 0.05) is 13.4 Å². The molecule has 0 aromatic heterocycles. The van der Waals surface area contributed by atoms with Crippen LogP contribution in [0.3, 0.4) is 0 Å². The van der Waals surface area contributed by atoms with E-state index in [1.807, 2.05) is 24.3 Å². The van der Waals surface area contributed by atoms with E-state index in [0.29, 0.717) is 0 Å². The van der Waals surface area contributed by atoms with Gasteiger partial charge in [-0.05, 0) is 65.0 Å². The highest BCUT2D eigenvalue weighted by molar-refractivity contribution is 9.25. The molecule has 18 heavy (non-hydrogen) atoms. The van der Waals surface area contributed by atoms with Crippen molar-refractivity contribution in [3.05, 3.63) is 67.0 Å². The van der Waals surface area contributed by atoms with Crippen molar-refractivity contribution >= 4 is 79.6 Å². The molecule has 0 radical (unpaired) electrons. The molecule has 2 aromatic carbocycles. The Morgan fingerprint density at radius 3 is 1.94 bits per heavy atom. The van der Waals surface area contributed by atoms with Gasteiger partial charge >= 0.3 is 0 Å². The molecule has 0 spiro atoms. The average Bonchev–Trinajstić information content (AvgIpc) is 2.37. The van der Waals surface area contributed by atoms with Crippen molar-refractivity contribution in [2.24, 2.45) is 0 Å². The Balaban J connectivity index is 2.58. The third-order valence-corrected chi connectivity index (χ3v) is 7.65. The number of hydrogen-bond donors (Lipinski definition) is 0. The summed E-state index contributed by atoms with van der Waals surface area (Å²) in [6.07, 6.45) is 0. The maximum atomic E-state index is 3.76. The summed E-state index contributed by atoms with van der Waals surface area (Å²) in [5.41, 5.74) is 2.24. The lowest BCUT2D eigenvalue weighted by Crippen LogP contribution is -2.11. The summed E-state index contributed by atoms with van der Waals surface area (Å²) in [5.74, 6) is 0. The van der Waals surface area contributed by atoms with Crippen molar-refractivity contribution in [3.8, 4) is 0 Å². The second-order valence-electron chi connectivity index (χ2n) is 3.66. The zero-order valence-corrected chi connectivity index (χ0v) is 16.9. The maximum Gasteiger partial charge on any atom is 0.131 e. The summed E-state index contributed by atoms with van der Waals surface area (Å²) in [7, 11) is 0. The fourth-order valence-electron chi connectivity index (χ4n) is 1.57. The van der Waals surface area contributed by atoms with Gasteiger partial charge in [-0.25, -0.2) is 0 Å². The molecule has 0 heterocycles. The summed E-state index contributed by atoms with van der Waals surface area (Å²) in [6, 6.07) is 14.3. The van der Waals surface area contributed by atoms with Gasteiger partial charge in [0.1, 0.15) is 3.23 Å². The topological polar surface area (TPSA) is 0 Å². The number of rotatable bonds is 2. The molecular formula is C13H7Br5. The van der Waals surface area contributed by atoms with Crippen LogP contribution < -0.4 is 0 Å².